The van der Waals surface area contributed by atoms with Gasteiger partial charge in [0.25, 0.3) is 0 Å². The summed E-state index contributed by atoms with van der Waals surface area (Å²) < 4.78 is 33.4. The van der Waals surface area contributed by atoms with Gasteiger partial charge in [-0.1, -0.05) is 24.1 Å². The summed E-state index contributed by atoms with van der Waals surface area (Å²) in [6.07, 6.45) is 5.97. The zero-order chi connectivity index (χ0) is 16.9. The van der Waals surface area contributed by atoms with Gasteiger partial charge in [-0.25, -0.2) is 8.78 Å². The first-order chi connectivity index (χ1) is 11.7. The van der Waals surface area contributed by atoms with E-state index in [0.29, 0.717) is 24.4 Å². The second-order valence-corrected chi connectivity index (χ2v) is 5.97. The van der Waals surface area contributed by atoms with Gasteiger partial charge >= 0.3 is 0 Å². The molecule has 1 aliphatic rings. The van der Waals surface area contributed by atoms with Gasteiger partial charge in [0.05, 0.1) is 6.54 Å². The maximum Gasteiger partial charge on any atom is 0.126 e. The molecule has 1 saturated heterocycles. The Kier molecular flexibility index (Phi) is 5.12. The fourth-order valence-corrected chi connectivity index (χ4v) is 3.17. The maximum atomic E-state index is 14.3. The summed E-state index contributed by atoms with van der Waals surface area (Å²) in [6.45, 7) is 1.96. The van der Waals surface area contributed by atoms with Crippen LogP contribution in [0, 0.1) is 24.0 Å². The lowest BCUT2D eigenvalue weighted by Gasteiger charge is -2.38. The molecule has 0 spiro atoms. The summed E-state index contributed by atoms with van der Waals surface area (Å²) in [5.41, 5.74) is 0.631. The summed E-state index contributed by atoms with van der Waals surface area (Å²) in [6, 6.07) is 12.7. The van der Waals surface area contributed by atoms with E-state index in [-0.39, 0.29) is 23.7 Å². The first-order valence-electron chi connectivity index (χ1n) is 8.00. The minimum absolute atomic E-state index is 0.127. The summed E-state index contributed by atoms with van der Waals surface area (Å²) in [7, 11) is 0. The van der Waals surface area contributed by atoms with Gasteiger partial charge in [0.15, 0.2) is 0 Å². The van der Waals surface area contributed by atoms with Crippen LogP contribution in [-0.4, -0.2) is 30.6 Å². The van der Waals surface area contributed by atoms with Crippen molar-refractivity contribution in [2.45, 2.75) is 18.4 Å². The lowest BCUT2D eigenvalue weighted by molar-refractivity contribution is 0.0829. The van der Waals surface area contributed by atoms with Crippen molar-refractivity contribution in [1.82, 2.24) is 4.90 Å². The lowest BCUT2D eigenvalue weighted by atomic mass is 9.87. The molecule has 0 aromatic heterocycles. The van der Waals surface area contributed by atoms with Crippen molar-refractivity contribution in [2.75, 3.05) is 19.6 Å². The topological polar surface area (TPSA) is 12.5 Å². The molecule has 0 bridgehead atoms. The molecule has 0 radical (unpaired) electrons. The largest absolute Gasteiger partial charge is 0.490 e. The first kappa shape index (κ1) is 16.5. The number of terminal acetylenes is 1. The van der Waals surface area contributed by atoms with Gasteiger partial charge in [-0.3, -0.25) is 4.90 Å². The second kappa shape index (κ2) is 7.46. The Morgan fingerprint density at radius 1 is 1.12 bits per heavy atom. The Bertz CT molecular complexity index is 723. The van der Waals surface area contributed by atoms with E-state index in [0.717, 1.165) is 13.0 Å². The second-order valence-electron chi connectivity index (χ2n) is 5.97. The predicted octanol–water partition coefficient (Wildman–Crippen LogP) is 3.83. The summed E-state index contributed by atoms with van der Waals surface area (Å²) in [5, 5.41) is 0. The van der Waals surface area contributed by atoms with E-state index >= 15 is 0 Å². The summed E-state index contributed by atoms with van der Waals surface area (Å²) >= 11 is 0. The molecule has 1 heterocycles. The Balaban J connectivity index is 1.84. The summed E-state index contributed by atoms with van der Waals surface area (Å²) in [5.74, 6) is 2.56. The lowest BCUT2D eigenvalue weighted by Crippen LogP contribution is -2.44. The molecule has 1 aliphatic heterocycles. The van der Waals surface area contributed by atoms with E-state index < -0.39 is 0 Å². The van der Waals surface area contributed by atoms with Crippen LogP contribution in [0.25, 0.3) is 0 Å². The van der Waals surface area contributed by atoms with E-state index in [4.69, 9.17) is 11.2 Å². The third-order valence-corrected chi connectivity index (χ3v) is 4.35. The predicted molar refractivity (Wildman–Crippen MR) is 89.8 cm³/mol. The third-order valence-electron chi connectivity index (χ3n) is 4.35. The van der Waals surface area contributed by atoms with Gasteiger partial charge in [-0.15, -0.1) is 6.42 Å². The number of piperidine rings is 1. The third kappa shape index (κ3) is 3.74. The van der Waals surface area contributed by atoms with Crippen LogP contribution in [0.5, 0.6) is 5.75 Å². The van der Waals surface area contributed by atoms with E-state index in [9.17, 15) is 8.78 Å². The van der Waals surface area contributed by atoms with Gasteiger partial charge in [-0.05, 0) is 42.3 Å². The SMILES string of the molecule is C#CCN1CCC(Oc2ccc(F)cc2)C(c2ccccc2F)C1. The highest BCUT2D eigenvalue weighted by atomic mass is 19.1. The quantitative estimate of drug-likeness (QED) is 0.791. The highest BCUT2D eigenvalue weighted by Crippen LogP contribution is 2.32. The van der Waals surface area contributed by atoms with Crippen LogP contribution in [0.15, 0.2) is 48.5 Å². The zero-order valence-corrected chi connectivity index (χ0v) is 13.3. The van der Waals surface area contributed by atoms with Gasteiger partial charge in [-0.2, -0.15) is 0 Å². The van der Waals surface area contributed by atoms with Gasteiger partial charge < -0.3 is 4.74 Å². The average Bonchev–Trinajstić information content (AvgIpc) is 2.59. The molecule has 3 rings (SSSR count). The Morgan fingerprint density at radius 2 is 1.88 bits per heavy atom. The van der Waals surface area contributed by atoms with Gasteiger partial charge in [0.1, 0.15) is 23.5 Å². The number of benzene rings is 2. The van der Waals surface area contributed by atoms with Crippen LogP contribution in [0.4, 0.5) is 8.78 Å². The molecule has 0 aliphatic carbocycles. The van der Waals surface area contributed by atoms with E-state index in [1.165, 1.54) is 18.2 Å². The monoisotopic (exact) mass is 327 g/mol. The van der Waals surface area contributed by atoms with Crippen LogP contribution < -0.4 is 4.74 Å². The molecule has 0 saturated carbocycles. The van der Waals surface area contributed by atoms with E-state index in [2.05, 4.69) is 10.8 Å². The Morgan fingerprint density at radius 3 is 2.58 bits per heavy atom. The molecule has 2 aromatic rings. The Labute approximate surface area is 141 Å². The van der Waals surface area contributed by atoms with E-state index in [1.807, 2.05) is 6.07 Å². The highest BCUT2D eigenvalue weighted by molar-refractivity contribution is 5.27. The molecule has 1 fully saturated rings. The number of halogens is 2. The minimum Gasteiger partial charge on any atom is -0.490 e. The van der Waals surface area contributed by atoms with Gasteiger partial charge in [0, 0.05) is 19.0 Å². The molecular formula is C20H19F2NO. The molecule has 2 atom stereocenters. The van der Waals surface area contributed by atoms with Crippen LogP contribution >= 0.6 is 0 Å². The molecule has 4 heteroatoms. The van der Waals surface area contributed by atoms with Crippen molar-refractivity contribution < 1.29 is 13.5 Å². The van der Waals surface area contributed by atoms with Crippen molar-refractivity contribution in [1.29, 1.82) is 0 Å². The van der Waals surface area contributed by atoms with Crippen molar-refractivity contribution in [3.05, 3.63) is 65.7 Å². The van der Waals surface area contributed by atoms with E-state index in [1.54, 1.807) is 24.3 Å². The number of rotatable bonds is 4. The minimum atomic E-state index is -0.308. The standard InChI is InChI=1S/C20H19F2NO/c1-2-12-23-13-11-20(24-16-9-7-15(21)8-10-16)18(14-23)17-5-3-4-6-19(17)22/h1,3-10,18,20H,11-14H2. The fourth-order valence-electron chi connectivity index (χ4n) is 3.17. The first-order valence-corrected chi connectivity index (χ1v) is 8.00. The molecular weight excluding hydrogens is 308 g/mol. The number of nitrogens with zero attached hydrogens (tertiary/aromatic N) is 1. The van der Waals surface area contributed by atoms with Crippen molar-refractivity contribution in [3.8, 4) is 18.1 Å². The molecule has 0 N–H and O–H groups in total. The maximum absolute atomic E-state index is 14.3. The molecule has 2 unspecified atom stereocenters. The van der Waals surface area contributed by atoms with Gasteiger partial charge in [0.2, 0.25) is 0 Å². The summed E-state index contributed by atoms with van der Waals surface area (Å²) in [4.78, 5) is 2.13. The molecule has 24 heavy (non-hydrogen) atoms. The number of likely N-dealkylation sites (tertiary alicyclic amines) is 1. The van der Waals surface area contributed by atoms with Crippen LogP contribution in [-0.2, 0) is 0 Å². The van der Waals surface area contributed by atoms with Crippen LogP contribution in [0.1, 0.15) is 17.9 Å². The van der Waals surface area contributed by atoms with Crippen molar-refractivity contribution in [2.24, 2.45) is 0 Å². The number of hydrogen-bond donors (Lipinski definition) is 0. The normalized spacial score (nSPS) is 21.2. The number of ether oxygens (including phenoxy) is 1. The highest BCUT2D eigenvalue weighted by Gasteiger charge is 2.33. The molecule has 124 valence electrons. The smallest absolute Gasteiger partial charge is 0.126 e. The zero-order valence-electron chi connectivity index (χ0n) is 13.3. The average molecular weight is 327 g/mol. The molecule has 2 nitrogen and oxygen atoms in total. The molecule has 2 aromatic carbocycles. The fraction of sp³-hybridized carbons (Fsp3) is 0.300. The number of hydrogen-bond acceptors (Lipinski definition) is 2. The van der Waals surface area contributed by atoms with Crippen LogP contribution in [0.3, 0.4) is 0 Å². The Hall–Kier alpha value is -2.38. The van der Waals surface area contributed by atoms with Crippen molar-refractivity contribution in [3.63, 3.8) is 0 Å². The molecule has 0 amide bonds. The van der Waals surface area contributed by atoms with Crippen LogP contribution in [0.2, 0.25) is 0 Å². The van der Waals surface area contributed by atoms with Crippen molar-refractivity contribution >= 4 is 0 Å².